The van der Waals surface area contributed by atoms with Gasteiger partial charge in [-0.1, -0.05) is 0 Å². The molecule has 0 aromatic carbocycles. The summed E-state index contributed by atoms with van der Waals surface area (Å²) >= 11 is 0. The topological polar surface area (TPSA) is 55.1 Å². The zero-order valence-electron chi connectivity index (χ0n) is 5.77. The van der Waals surface area contributed by atoms with Gasteiger partial charge in [-0.2, -0.15) is 0 Å². The molecule has 1 fully saturated rings. The summed E-state index contributed by atoms with van der Waals surface area (Å²) in [5, 5.41) is 2.78. The van der Waals surface area contributed by atoms with Crippen LogP contribution in [0.1, 0.15) is 20.3 Å². The fraction of sp³-hybridized carbons (Fsp3) is 0.833. The normalized spacial score (nSPS) is 32.3. The van der Waals surface area contributed by atoms with Crippen molar-refractivity contribution < 1.29 is 4.79 Å². The van der Waals surface area contributed by atoms with Crippen LogP contribution in [0.4, 0.5) is 0 Å². The summed E-state index contributed by atoms with van der Waals surface area (Å²) in [7, 11) is 0. The van der Waals surface area contributed by atoms with Crippen molar-refractivity contribution in [3.05, 3.63) is 0 Å². The number of amides is 1. The number of hydrogen-bond acceptors (Lipinski definition) is 2. The Bertz CT molecular complexity index is 142. The smallest absolute Gasteiger partial charge is 0.237 e. The number of hydrogen-bond donors (Lipinski definition) is 2. The first-order valence-electron chi connectivity index (χ1n) is 3.09. The van der Waals surface area contributed by atoms with Crippen LogP contribution >= 0.6 is 0 Å². The zero-order chi connectivity index (χ0) is 7.07. The lowest BCUT2D eigenvalue weighted by atomic mass is 10.0. The fourth-order valence-corrected chi connectivity index (χ4v) is 1.12. The van der Waals surface area contributed by atoms with E-state index in [0.29, 0.717) is 0 Å². The third-order valence-corrected chi connectivity index (χ3v) is 1.53. The molecule has 0 unspecified atom stereocenters. The molecule has 1 rings (SSSR count). The summed E-state index contributed by atoms with van der Waals surface area (Å²) in [5.41, 5.74) is 5.36. The average Bonchev–Trinajstić information content (AvgIpc) is 1.79. The molecule has 0 bridgehead atoms. The largest absolute Gasteiger partial charge is 0.350 e. The van der Waals surface area contributed by atoms with Crippen LogP contribution in [-0.2, 0) is 4.79 Å². The third kappa shape index (κ3) is 1.21. The van der Waals surface area contributed by atoms with E-state index in [0.717, 1.165) is 6.42 Å². The first-order valence-corrected chi connectivity index (χ1v) is 3.09. The lowest BCUT2D eigenvalue weighted by Crippen LogP contribution is -2.35. The number of carbonyl (C=O) groups excluding carboxylic acids is 1. The number of carbonyl (C=O) groups is 1. The highest BCUT2D eigenvalue weighted by Crippen LogP contribution is 2.16. The molecule has 1 atom stereocenters. The third-order valence-electron chi connectivity index (χ3n) is 1.53. The van der Waals surface area contributed by atoms with Crippen molar-refractivity contribution in [3.8, 4) is 0 Å². The second-order valence-corrected chi connectivity index (χ2v) is 3.18. The summed E-state index contributed by atoms with van der Waals surface area (Å²) in [6.07, 6.45) is 0.742. The molecule has 3 nitrogen and oxygen atoms in total. The van der Waals surface area contributed by atoms with Crippen molar-refractivity contribution in [2.75, 3.05) is 0 Å². The lowest BCUT2D eigenvalue weighted by Gasteiger charge is -2.15. The Hall–Kier alpha value is -0.570. The molecule has 0 aliphatic carbocycles. The van der Waals surface area contributed by atoms with E-state index in [9.17, 15) is 4.79 Å². The van der Waals surface area contributed by atoms with E-state index in [-0.39, 0.29) is 17.5 Å². The molecule has 9 heavy (non-hydrogen) atoms. The molecule has 0 aromatic rings. The minimum atomic E-state index is -0.292. The predicted molar refractivity (Wildman–Crippen MR) is 34.8 cm³/mol. The van der Waals surface area contributed by atoms with Gasteiger partial charge in [-0.05, 0) is 20.3 Å². The van der Waals surface area contributed by atoms with Gasteiger partial charge in [-0.25, -0.2) is 0 Å². The Morgan fingerprint density at radius 1 is 1.78 bits per heavy atom. The predicted octanol–water partition coefficient (Wildman–Crippen LogP) is -0.388. The SMILES string of the molecule is CC1(C)C[C@@H](N)C(=O)N1. The summed E-state index contributed by atoms with van der Waals surface area (Å²) in [4.78, 5) is 10.8. The molecule has 1 saturated heterocycles. The maximum absolute atomic E-state index is 10.8. The summed E-state index contributed by atoms with van der Waals surface area (Å²) in [6.45, 7) is 3.94. The van der Waals surface area contributed by atoms with Crippen molar-refractivity contribution in [2.24, 2.45) is 5.73 Å². The highest BCUT2D eigenvalue weighted by molar-refractivity contribution is 5.84. The second kappa shape index (κ2) is 1.70. The first-order chi connectivity index (χ1) is 4.01. The van der Waals surface area contributed by atoms with Crippen LogP contribution in [0.2, 0.25) is 0 Å². The molecule has 1 aliphatic heterocycles. The molecule has 3 N–H and O–H groups in total. The Labute approximate surface area is 54.6 Å². The van der Waals surface area contributed by atoms with Gasteiger partial charge in [0.1, 0.15) is 0 Å². The van der Waals surface area contributed by atoms with Gasteiger partial charge in [0.2, 0.25) is 5.91 Å². The molecule has 0 saturated carbocycles. The molecular weight excluding hydrogens is 116 g/mol. The first kappa shape index (κ1) is 6.55. The Kier molecular flexibility index (Phi) is 1.24. The van der Waals surface area contributed by atoms with Crippen LogP contribution < -0.4 is 11.1 Å². The van der Waals surface area contributed by atoms with Gasteiger partial charge in [0.25, 0.3) is 0 Å². The summed E-state index contributed by atoms with van der Waals surface area (Å²) in [6, 6.07) is -0.292. The van der Waals surface area contributed by atoms with E-state index in [1.54, 1.807) is 0 Å². The van der Waals surface area contributed by atoms with E-state index in [1.165, 1.54) is 0 Å². The van der Waals surface area contributed by atoms with E-state index < -0.39 is 0 Å². The van der Waals surface area contributed by atoms with Crippen LogP contribution in [0.3, 0.4) is 0 Å². The minimum Gasteiger partial charge on any atom is -0.350 e. The van der Waals surface area contributed by atoms with Crippen molar-refractivity contribution in [2.45, 2.75) is 31.8 Å². The van der Waals surface area contributed by atoms with Crippen molar-refractivity contribution in [3.63, 3.8) is 0 Å². The zero-order valence-corrected chi connectivity index (χ0v) is 5.77. The Morgan fingerprint density at radius 2 is 2.33 bits per heavy atom. The van der Waals surface area contributed by atoms with Gasteiger partial charge in [0.15, 0.2) is 0 Å². The van der Waals surface area contributed by atoms with Crippen molar-refractivity contribution in [1.29, 1.82) is 0 Å². The molecule has 1 heterocycles. The highest BCUT2D eigenvalue weighted by atomic mass is 16.2. The van der Waals surface area contributed by atoms with Gasteiger partial charge in [0, 0.05) is 5.54 Å². The molecule has 0 spiro atoms. The Morgan fingerprint density at radius 3 is 2.44 bits per heavy atom. The van der Waals surface area contributed by atoms with E-state index in [4.69, 9.17) is 5.73 Å². The summed E-state index contributed by atoms with van der Waals surface area (Å²) in [5.74, 6) is -0.0278. The standard InChI is InChI=1S/C6H12N2O/c1-6(2)3-4(7)5(9)8-6/h4H,3,7H2,1-2H3,(H,8,9)/t4-/m1/s1. The van der Waals surface area contributed by atoms with Crippen LogP contribution in [0.25, 0.3) is 0 Å². The number of rotatable bonds is 0. The second-order valence-electron chi connectivity index (χ2n) is 3.18. The molecule has 52 valence electrons. The van der Waals surface area contributed by atoms with Gasteiger partial charge in [-0.15, -0.1) is 0 Å². The maximum Gasteiger partial charge on any atom is 0.237 e. The van der Waals surface area contributed by atoms with Crippen LogP contribution in [0.5, 0.6) is 0 Å². The van der Waals surface area contributed by atoms with Gasteiger partial charge < -0.3 is 11.1 Å². The highest BCUT2D eigenvalue weighted by Gasteiger charge is 2.34. The van der Waals surface area contributed by atoms with Gasteiger partial charge >= 0.3 is 0 Å². The Balaban J connectivity index is 2.65. The number of nitrogens with one attached hydrogen (secondary N) is 1. The van der Waals surface area contributed by atoms with Crippen LogP contribution in [0, 0.1) is 0 Å². The van der Waals surface area contributed by atoms with Gasteiger partial charge in [-0.3, -0.25) is 4.79 Å². The minimum absolute atomic E-state index is 0.0278. The quantitative estimate of drug-likeness (QED) is 0.467. The molecule has 1 aliphatic rings. The molecular formula is C6H12N2O. The molecule has 3 heteroatoms. The average molecular weight is 128 g/mol. The molecule has 0 radical (unpaired) electrons. The van der Waals surface area contributed by atoms with Crippen molar-refractivity contribution >= 4 is 5.91 Å². The van der Waals surface area contributed by atoms with E-state index in [1.807, 2.05) is 13.8 Å². The van der Waals surface area contributed by atoms with Crippen molar-refractivity contribution in [1.82, 2.24) is 5.32 Å². The summed E-state index contributed by atoms with van der Waals surface area (Å²) < 4.78 is 0. The lowest BCUT2D eigenvalue weighted by molar-refractivity contribution is -0.120. The fourth-order valence-electron chi connectivity index (χ4n) is 1.12. The van der Waals surface area contributed by atoms with Gasteiger partial charge in [0.05, 0.1) is 6.04 Å². The maximum atomic E-state index is 10.8. The monoisotopic (exact) mass is 128 g/mol. The van der Waals surface area contributed by atoms with E-state index in [2.05, 4.69) is 5.32 Å². The molecule has 0 aromatic heterocycles. The van der Waals surface area contributed by atoms with Crippen LogP contribution in [-0.4, -0.2) is 17.5 Å². The van der Waals surface area contributed by atoms with E-state index >= 15 is 0 Å². The molecule has 1 amide bonds. The number of nitrogens with two attached hydrogens (primary N) is 1. The van der Waals surface area contributed by atoms with Crippen LogP contribution in [0.15, 0.2) is 0 Å².